The average molecular weight is 337 g/mol. The molecule has 129 valence electrons. The van der Waals surface area contributed by atoms with E-state index in [1.165, 1.54) is 13.8 Å². The zero-order valence-electron chi connectivity index (χ0n) is 14.4. The number of carbonyl (C=O) groups excluding carboxylic acids is 2. The number of allylic oxidation sites excluding steroid dienone is 1. The molecule has 2 atom stereocenters. The van der Waals surface area contributed by atoms with E-state index in [1.54, 1.807) is 12.1 Å². The fraction of sp³-hybridized carbons (Fsp3) is 0.190. The van der Waals surface area contributed by atoms with Gasteiger partial charge in [-0.25, -0.2) is 0 Å². The smallest absolute Gasteiger partial charge is 0.308 e. The first-order valence-electron chi connectivity index (χ1n) is 7.93. The number of rotatable bonds is 6. The van der Waals surface area contributed by atoms with Crippen LogP contribution < -0.4 is 9.47 Å². The van der Waals surface area contributed by atoms with E-state index < -0.39 is 11.9 Å². The van der Waals surface area contributed by atoms with Gasteiger partial charge in [-0.15, -0.1) is 6.58 Å². The summed E-state index contributed by atoms with van der Waals surface area (Å²) in [7, 11) is 0. The second kappa shape index (κ2) is 8.29. The third-order valence-electron chi connectivity index (χ3n) is 3.78. The van der Waals surface area contributed by atoms with E-state index in [1.807, 2.05) is 42.5 Å². The molecule has 1 radical (unpaired) electrons. The SMILES string of the molecule is [CH2]C(c1ccc(OC(C)=O)c(OC(C)=O)c1)C(C=C)c1ccccc1. The molecule has 0 saturated carbocycles. The van der Waals surface area contributed by atoms with Gasteiger partial charge in [-0.1, -0.05) is 42.5 Å². The van der Waals surface area contributed by atoms with Gasteiger partial charge in [0.25, 0.3) is 0 Å². The molecule has 2 aromatic carbocycles. The quantitative estimate of drug-likeness (QED) is 0.445. The monoisotopic (exact) mass is 337 g/mol. The number of hydrogen-bond donors (Lipinski definition) is 0. The molecule has 0 amide bonds. The van der Waals surface area contributed by atoms with Crippen molar-refractivity contribution in [3.05, 3.63) is 79.2 Å². The Morgan fingerprint density at radius 3 is 2.08 bits per heavy atom. The van der Waals surface area contributed by atoms with Crippen LogP contribution in [0.15, 0.2) is 61.2 Å². The van der Waals surface area contributed by atoms with Crippen molar-refractivity contribution < 1.29 is 19.1 Å². The summed E-state index contributed by atoms with van der Waals surface area (Å²) in [5, 5.41) is 0. The molecule has 0 saturated heterocycles. The summed E-state index contributed by atoms with van der Waals surface area (Å²) in [5.41, 5.74) is 1.94. The van der Waals surface area contributed by atoms with E-state index in [0.29, 0.717) is 0 Å². The van der Waals surface area contributed by atoms with E-state index >= 15 is 0 Å². The summed E-state index contributed by atoms with van der Waals surface area (Å²) < 4.78 is 10.3. The van der Waals surface area contributed by atoms with Crippen LogP contribution in [-0.2, 0) is 9.59 Å². The molecule has 0 fully saturated rings. The highest BCUT2D eigenvalue weighted by Gasteiger charge is 2.20. The number of benzene rings is 2. The lowest BCUT2D eigenvalue weighted by molar-refractivity contribution is -0.134. The summed E-state index contributed by atoms with van der Waals surface area (Å²) >= 11 is 0. The van der Waals surface area contributed by atoms with Crippen LogP contribution in [0.3, 0.4) is 0 Å². The molecule has 0 aliphatic heterocycles. The Hall–Kier alpha value is -2.88. The van der Waals surface area contributed by atoms with Crippen LogP contribution in [-0.4, -0.2) is 11.9 Å². The second-order valence-electron chi connectivity index (χ2n) is 5.67. The first-order chi connectivity index (χ1) is 11.9. The third kappa shape index (κ3) is 4.80. The van der Waals surface area contributed by atoms with Crippen molar-refractivity contribution >= 4 is 11.9 Å². The lowest BCUT2D eigenvalue weighted by Crippen LogP contribution is -2.10. The van der Waals surface area contributed by atoms with Crippen LogP contribution >= 0.6 is 0 Å². The van der Waals surface area contributed by atoms with E-state index in [9.17, 15) is 9.59 Å². The predicted molar refractivity (Wildman–Crippen MR) is 96.5 cm³/mol. The second-order valence-corrected chi connectivity index (χ2v) is 5.67. The van der Waals surface area contributed by atoms with Crippen molar-refractivity contribution in [1.29, 1.82) is 0 Å². The molecule has 25 heavy (non-hydrogen) atoms. The van der Waals surface area contributed by atoms with Crippen LogP contribution in [0.5, 0.6) is 11.5 Å². The maximum atomic E-state index is 11.3. The Morgan fingerprint density at radius 1 is 0.920 bits per heavy atom. The van der Waals surface area contributed by atoms with Crippen molar-refractivity contribution in [2.75, 3.05) is 0 Å². The highest BCUT2D eigenvalue weighted by atomic mass is 16.6. The zero-order chi connectivity index (χ0) is 18.4. The normalized spacial score (nSPS) is 12.8. The van der Waals surface area contributed by atoms with Crippen molar-refractivity contribution in [2.24, 2.45) is 0 Å². The van der Waals surface area contributed by atoms with Gasteiger partial charge in [0.2, 0.25) is 0 Å². The van der Waals surface area contributed by atoms with Gasteiger partial charge < -0.3 is 9.47 Å². The van der Waals surface area contributed by atoms with Gasteiger partial charge in [-0.2, -0.15) is 0 Å². The molecular weight excluding hydrogens is 316 g/mol. The highest BCUT2D eigenvalue weighted by molar-refractivity contribution is 5.73. The van der Waals surface area contributed by atoms with Gasteiger partial charge in [0.15, 0.2) is 11.5 Å². The van der Waals surface area contributed by atoms with E-state index in [-0.39, 0.29) is 23.3 Å². The van der Waals surface area contributed by atoms with Gasteiger partial charge in [0, 0.05) is 19.8 Å². The Kier molecular flexibility index (Phi) is 6.12. The molecule has 2 aromatic rings. The van der Waals surface area contributed by atoms with Crippen LogP contribution in [0.25, 0.3) is 0 Å². The largest absolute Gasteiger partial charge is 0.423 e. The number of esters is 2. The molecule has 0 N–H and O–H groups in total. The molecule has 0 heterocycles. The third-order valence-corrected chi connectivity index (χ3v) is 3.78. The molecular formula is C21H21O4. The topological polar surface area (TPSA) is 52.6 Å². The van der Waals surface area contributed by atoms with Crippen LogP contribution in [0, 0.1) is 6.92 Å². The Balaban J connectivity index is 2.38. The highest BCUT2D eigenvalue weighted by Crippen LogP contribution is 2.37. The molecule has 0 aromatic heterocycles. The van der Waals surface area contributed by atoms with Crippen LogP contribution in [0.2, 0.25) is 0 Å². The molecule has 0 aliphatic carbocycles. The summed E-state index contributed by atoms with van der Waals surface area (Å²) in [6.45, 7) is 10.7. The molecule has 0 bridgehead atoms. The van der Waals surface area contributed by atoms with Gasteiger partial charge in [-0.05, 0) is 36.1 Å². The van der Waals surface area contributed by atoms with Crippen LogP contribution in [0.4, 0.5) is 0 Å². The first-order valence-corrected chi connectivity index (χ1v) is 7.93. The maximum absolute atomic E-state index is 11.3. The minimum Gasteiger partial charge on any atom is -0.423 e. The van der Waals surface area contributed by atoms with Gasteiger partial charge in [-0.3, -0.25) is 9.59 Å². The first kappa shape index (κ1) is 18.5. The minimum absolute atomic E-state index is 0.00838. The Morgan fingerprint density at radius 2 is 1.52 bits per heavy atom. The average Bonchev–Trinajstić information content (AvgIpc) is 2.57. The summed E-state index contributed by atoms with van der Waals surface area (Å²) in [6.07, 6.45) is 1.85. The lowest BCUT2D eigenvalue weighted by Gasteiger charge is -2.22. The summed E-state index contributed by atoms with van der Waals surface area (Å²) in [6, 6.07) is 15.0. The molecule has 4 heteroatoms. The predicted octanol–water partition coefficient (Wildman–Crippen LogP) is 4.42. The van der Waals surface area contributed by atoms with E-state index in [0.717, 1.165) is 11.1 Å². The fourth-order valence-electron chi connectivity index (χ4n) is 2.64. The molecule has 2 unspecified atom stereocenters. The molecule has 2 rings (SSSR count). The van der Waals surface area contributed by atoms with E-state index in [4.69, 9.17) is 9.47 Å². The van der Waals surface area contributed by atoms with Crippen molar-refractivity contribution in [1.82, 2.24) is 0 Å². The van der Waals surface area contributed by atoms with Gasteiger partial charge >= 0.3 is 11.9 Å². The summed E-state index contributed by atoms with van der Waals surface area (Å²) in [5.74, 6) is -0.736. The Bertz CT molecular complexity index is 765. The van der Waals surface area contributed by atoms with Crippen LogP contribution in [0.1, 0.15) is 36.8 Å². The zero-order valence-corrected chi connectivity index (χ0v) is 14.4. The van der Waals surface area contributed by atoms with Crippen molar-refractivity contribution in [3.63, 3.8) is 0 Å². The maximum Gasteiger partial charge on any atom is 0.308 e. The number of hydrogen-bond acceptors (Lipinski definition) is 4. The molecule has 0 spiro atoms. The fourth-order valence-corrected chi connectivity index (χ4v) is 2.64. The lowest BCUT2D eigenvalue weighted by atomic mass is 9.83. The summed E-state index contributed by atoms with van der Waals surface area (Å²) in [4.78, 5) is 22.6. The van der Waals surface area contributed by atoms with Crippen molar-refractivity contribution in [3.8, 4) is 11.5 Å². The van der Waals surface area contributed by atoms with Crippen molar-refractivity contribution in [2.45, 2.75) is 25.7 Å². The number of carbonyl (C=O) groups is 2. The van der Waals surface area contributed by atoms with Gasteiger partial charge in [0.05, 0.1) is 0 Å². The van der Waals surface area contributed by atoms with E-state index in [2.05, 4.69) is 13.5 Å². The Labute approximate surface area is 148 Å². The molecule has 4 nitrogen and oxygen atoms in total. The molecule has 0 aliphatic rings. The number of ether oxygens (including phenoxy) is 2. The minimum atomic E-state index is -0.491. The van der Waals surface area contributed by atoms with Gasteiger partial charge in [0.1, 0.15) is 0 Å². The standard InChI is InChI=1S/C21H21O4/c1-5-19(17-9-7-6-8-10-17)14(2)18-11-12-20(24-15(3)22)21(13-18)25-16(4)23/h5-14,19H,1-2H2,3-4H3.